The van der Waals surface area contributed by atoms with Crippen LogP contribution in [0, 0.1) is 0 Å². The van der Waals surface area contributed by atoms with Crippen molar-refractivity contribution < 1.29 is 42.9 Å². The van der Waals surface area contributed by atoms with E-state index in [4.69, 9.17) is 18.9 Å². The molecule has 0 spiro atoms. The summed E-state index contributed by atoms with van der Waals surface area (Å²) in [5, 5.41) is 11.8. The number of carboxylic acids is 1. The Morgan fingerprint density at radius 1 is 0.345 bits per heavy atom. The second-order valence-corrected chi connectivity index (χ2v) is 22.3. The molecule has 0 saturated carbocycles. The van der Waals surface area contributed by atoms with Gasteiger partial charge in [-0.1, -0.05) is 253 Å². The molecule has 0 aromatic carbocycles. The van der Waals surface area contributed by atoms with E-state index in [0.717, 1.165) is 148 Å². The zero-order chi connectivity index (χ0) is 63.3. The Kier molecular flexibility index (Phi) is 61.2. The first-order valence-electron chi connectivity index (χ1n) is 33.2. The van der Waals surface area contributed by atoms with Gasteiger partial charge in [0.1, 0.15) is 13.2 Å². The number of likely N-dealkylation sites (N-methyl/N-ethyl adjacent to an activating group) is 1. The predicted molar refractivity (Wildman–Crippen MR) is 370 cm³/mol. The third kappa shape index (κ3) is 67.2. The number of quaternary nitrogens is 1. The van der Waals surface area contributed by atoms with Crippen molar-refractivity contribution >= 4 is 17.9 Å². The van der Waals surface area contributed by atoms with Gasteiger partial charge in [-0.15, -0.1) is 0 Å². The Balaban J connectivity index is 4.37. The number of hydrogen-bond donors (Lipinski definition) is 0. The normalized spacial score (nSPS) is 14.1. The number of nitrogens with zero attached hydrogens (tertiary/aromatic N) is 1. The van der Waals surface area contributed by atoms with Crippen LogP contribution in [0.15, 0.2) is 207 Å². The van der Waals surface area contributed by atoms with Gasteiger partial charge in [-0.3, -0.25) is 9.59 Å². The maximum atomic E-state index is 12.9. The Hall–Kier alpha value is -6.13. The minimum atomic E-state index is -1.65. The van der Waals surface area contributed by atoms with E-state index in [1.807, 2.05) is 21.1 Å². The summed E-state index contributed by atoms with van der Waals surface area (Å²) in [6.07, 6.45) is 100. The van der Waals surface area contributed by atoms with Gasteiger partial charge in [0.2, 0.25) is 0 Å². The summed E-state index contributed by atoms with van der Waals surface area (Å²) in [7, 11) is 5.89. The molecule has 0 heterocycles. The van der Waals surface area contributed by atoms with Crippen molar-refractivity contribution in [1.29, 1.82) is 0 Å². The van der Waals surface area contributed by atoms with Crippen LogP contribution in [-0.2, 0) is 33.3 Å². The molecule has 0 aliphatic carbocycles. The number of ether oxygens (including phenoxy) is 4. The number of esters is 2. The molecule has 0 N–H and O–H groups in total. The van der Waals surface area contributed by atoms with Gasteiger partial charge in [0.05, 0.1) is 40.3 Å². The first-order valence-corrected chi connectivity index (χ1v) is 33.2. The molecule has 0 aliphatic heterocycles. The number of hydrogen-bond acceptors (Lipinski definition) is 8. The quantitative estimate of drug-likeness (QED) is 0.0195. The number of carbonyl (C=O) groups excluding carboxylic acids is 3. The Morgan fingerprint density at radius 2 is 0.621 bits per heavy atom. The molecule has 484 valence electrons. The van der Waals surface area contributed by atoms with Crippen molar-refractivity contribution in [3.63, 3.8) is 0 Å². The van der Waals surface area contributed by atoms with Gasteiger partial charge in [0, 0.05) is 12.8 Å². The molecular formula is C78H119NO8. The lowest BCUT2D eigenvalue weighted by atomic mass is 10.1. The summed E-state index contributed by atoms with van der Waals surface area (Å²) in [6.45, 7) is 4.42. The minimum Gasteiger partial charge on any atom is -0.545 e. The summed E-state index contributed by atoms with van der Waals surface area (Å²) >= 11 is 0. The van der Waals surface area contributed by atoms with Crippen LogP contribution in [0.3, 0.4) is 0 Å². The highest BCUT2D eigenvalue weighted by molar-refractivity contribution is 5.70. The van der Waals surface area contributed by atoms with Crippen molar-refractivity contribution in [3.8, 4) is 0 Å². The summed E-state index contributed by atoms with van der Waals surface area (Å²) < 4.78 is 22.7. The van der Waals surface area contributed by atoms with E-state index < -0.39 is 30.3 Å². The SMILES string of the molecule is CC/C=C\C/C=C\C/C=C\C/C=C\C/C=C\C/C=C\C/C=C\C/C=C\C/C=C\C/C=C\CCCCC(=O)OC(COC(=O)CCCCCCCCC/C=C\C/C=C\C/C=C\C/C=C\C/C=C\C/C=C\C/C=C\CC)COC(OCC[N+](C)(C)C)C(=O)[O-]. The molecule has 0 amide bonds. The van der Waals surface area contributed by atoms with Crippen LogP contribution >= 0.6 is 0 Å². The number of rotatable bonds is 58. The molecule has 0 rings (SSSR count). The molecule has 0 radical (unpaired) electrons. The third-order valence-corrected chi connectivity index (χ3v) is 13.0. The van der Waals surface area contributed by atoms with Crippen LogP contribution in [0.2, 0.25) is 0 Å². The molecule has 0 aliphatic rings. The van der Waals surface area contributed by atoms with E-state index in [9.17, 15) is 19.5 Å². The summed E-state index contributed by atoms with van der Waals surface area (Å²) in [6, 6.07) is 0. The van der Waals surface area contributed by atoms with Crippen molar-refractivity contribution in [2.24, 2.45) is 0 Å². The number of carboxylic acid groups (broad SMARTS) is 1. The average Bonchev–Trinajstić information content (AvgIpc) is 3.59. The van der Waals surface area contributed by atoms with Crippen LogP contribution in [0.1, 0.15) is 206 Å². The molecular weight excluding hydrogens is 1080 g/mol. The first-order chi connectivity index (χ1) is 42.6. The molecule has 0 aromatic rings. The van der Waals surface area contributed by atoms with Gasteiger partial charge in [-0.05, 0) is 148 Å². The van der Waals surface area contributed by atoms with E-state index in [2.05, 4.69) is 220 Å². The Bertz CT molecular complexity index is 2180. The largest absolute Gasteiger partial charge is 0.545 e. The number of aliphatic carboxylic acids is 1. The molecule has 9 heteroatoms. The van der Waals surface area contributed by atoms with E-state index in [-0.39, 0.29) is 32.7 Å². The first kappa shape index (κ1) is 80.9. The number of carbonyl (C=O) groups is 3. The number of unbranched alkanes of at least 4 members (excludes halogenated alkanes) is 9. The maximum absolute atomic E-state index is 12.9. The molecule has 2 unspecified atom stereocenters. The van der Waals surface area contributed by atoms with Gasteiger partial charge in [-0.25, -0.2) is 0 Å². The second-order valence-electron chi connectivity index (χ2n) is 22.3. The maximum Gasteiger partial charge on any atom is 0.306 e. The zero-order valence-corrected chi connectivity index (χ0v) is 55.0. The van der Waals surface area contributed by atoms with E-state index in [0.29, 0.717) is 23.9 Å². The molecule has 0 saturated heterocycles. The van der Waals surface area contributed by atoms with Crippen molar-refractivity contribution in [2.75, 3.05) is 47.5 Å². The van der Waals surface area contributed by atoms with Gasteiger partial charge >= 0.3 is 11.9 Å². The van der Waals surface area contributed by atoms with Crippen molar-refractivity contribution in [2.45, 2.75) is 219 Å². The summed E-state index contributed by atoms with van der Waals surface area (Å²) in [4.78, 5) is 37.4. The second kappa shape index (κ2) is 65.8. The van der Waals surface area contributed by atoms with Crippen molar-refractivity contribution in [3.05, 3.63) is 207 Å². The fourth-order valence-corrected chi connectivity index (χ4v) is 8.01. The van der Waals surface area contributed by atoms with Gasteiger partial charge in [0.25, 0.3) is 0 Å². The Morgan fingerprint density at radius 3 is 0.943 bits per heavy atom. The summed E-state index contributed by atoms with van der Waals surface area (Å²) in [5.74, 6) is -2.39. The third-order valence-electron chi connectivity index (χ3n) is 13.0. The van der Waals surface area contributed by atoms with Crippen LogP contribution in [0.4, 0.5) is 0 Å². The topological polar surface area (TPSA) is 111 Å². The fraction of sp³-hybridized carbons (Fsp3) is 0.526. The predicted octanol–water partition coefficient (Wildman–Crippen LogP) is 19.5. The van der Waals surface area contributed by atoms with Crippen LogP contribution in [0.25, 0.3) is 0 Å². The van der Waals surface area contributed by atoms with Gasteiger partial charge in [-0.2, -0.15) is 0 Å². The van der Waals surface area contributed by atoms with Crippen LogP contribution < -0.4 is 5.11 Å². The standard InChI is InChI=1S/C78H119NO8/c1-6-8-10-12-14-16-18-20-22-24-26-28-30-32-34-36-37-38-39-41-43-45-47-49-51-53-55-57-59-61-63-65-67-69-76(81)87-74(73-86-78(77(82)83)84-71-70-79(3,4)5)72-85-75(80)68-66-64-62-60-58-56-54-52-50-48-46-44-42-40-35-33-31-29-27-25-23-21-19-17-15-13-11-9-7-2/h8-11,14-17,20-23,26-29,32-35,37-38,41-44,47-50,53,55,59,61,74,78H,6-7,12-13,18-19,24-25,30-31,36,39-40,45-46,51-52,54,56-58,60,62-73H2,1-5H3/b10-8-,11-9-,16-14-,17-15-,22-20-,23-21-,28-26-,29-27-,34-32-,35-33-,38-37-,43-41-,44-42-,49-47-,50-48-,55-53-,61-59-. The lowest BCUT2D eigenvalue weighted by Crippen LogP contribution is -2.44. The fourth-order valence-electron chi connectivity index (χ4n) is 8.01. The molecule has 0 aromatic heterocycles. The van der Waals surface area contributed by atoms with Gasteiger partial charge < -0.3 is 33.3 Å². The lowest BCUT2D eigenvalue weighted by molar-refractivity contribution is -0.870. The molecule has 0 fully saturated rings. The zero-order valence-electron chi connectivity index (χ0n) is 55.0. The molecule has 2 atom stereocenters. The highest BCUT2D eigenvalue weighted by Gasteiger charge is 2.22. The average molecular weight is 1200 g/mol. The molecule has 9 nitrogen and oxygen atoms in total. The van der Waals surface area contributed by atoms with Crippen LogP contribution in [-0.4, -0.2) is 82.3 Å². The van der Waals surface area contributed by atoms with Gasteiger partial charge in [0.15, 0.2) is 12.4 Å². The highest BCUT2D eigenvalue weighted by Crippen LogP contribution is 2.13. The highest BCUT2D eigenvalue weighted by atomic mass is 16.7. The van der Waals surface area contributed by atoms with Crippen molar-refractivity contribution in [1.82, 2.24) is 0 Å². The Labute approximate surface area is 531 Å². The monoisotopic (exact) mass is 1200 g/mol. The lowest BCUT2D eigenvalue weighted by Gasteiger charge is -2.26. The van der Waals surface area contributed by atoms with E-state index >= 15 is 0 Å². The number of allylic oxidation sites excluding steroid dienone is 34. The molecule has 0 bridgehead atoms. The summed E-state index contributed by atoms with van der Waals surface area (Å²) in [5.41, 5.74) is 0. The molecule has 87 heavy (non-hydrogen) atoms. The van der Waals surface area contributed by atoms with E-state index in [1.165, 1.54) is 19.3 Å². The minimum absolute atomic E-state index is 0.124. The smallest absolute Gasteiger partial charge is 0.306 e. The van der Waals surface area contributed by atoms with Crippen LogP contribution in [0.5, 0.6) is 0 Å². The van der Waals surface area contributed by atoms with E-state index in [1.54, 1.807) is 0 Å².